The zero-order valence-corrected chi connectivity index (χ0v) is 7.77. The van der Waals surface area contributed by atoms with Crippen LogP contribution in [-0.2, 0) is 14.3 Å². The number of ether oxygens (including phenoxy) is 1. The quantitative estimate of drug-likeness (QED) is 0.568. The highest BCUT2D eigenvalue weighted by Gasteiger charge is 2.39. The first-order chi connectivity index (χ1) is 6.48. The fourth-order valence-corrected chi connectivity index (χ4v) is 1.26. The van der Waals surface area contributed by atoms with E-state index in [1.165, 1.54) is 7.11 Å². The Morgan fingerprint density at radius 1 is 1.79 bits per heavy atom. The second-order valence-electron chi connectivity index (χ2n) is 3.26. The van der Waals surface area contributed by atoms with Crippen LogP contribution in [0.2, 0.25) is 0 Å². The molecule has 2 atom stereocenters. The monoisotopic (exact) mass is 200 g/mol. The van der Waals surface area contributed by atoms with Crippen molar-refractivity contribution in [2.24, 2.45) is 0 Å². The van der Waals surface area contributed by atoms with Gasteiger partial charge in [-0.25, -0.2) is 0 Å². The van der Waals surface area contributed by atoms with E-state index >= 15 is 0 Å². The number of aliphatic hydroxyl groups excluding tert-OH is 1. The summed E-state index contributed by atoms with van der Waals surface area (Å²) in [6.07, 6.45) is 0.522. The van der Waals surface area contributed by atoms with Gasteiger partial charge in [-0.1, -0.05) is 0 Å². The van der Waals surface area contributed by atoms with Gasteiger partial charge in [-0.05, 0) is 12.2 Å². The minimum absolute atomic E-state index is 0.177. The molecule has 0 spiro atoms. The van der Waals surface area contributed by atoms with Crippen LogP contribution in [0.25, 0.3) is 0 Å². The summed E-state index contributed by atoms with van der Waals surface area (Å²) in [5, 5.41) is 19.2. The summed E-state index contributed by atoms with van der Waals surface area (Å²) in [6, 6.07) is 0. The molecule has 0 aromatic heterocycles. The molecular formula is C9H12O5. The van der Waals surface area contributed by atoms with E-state index in [9.17, 15) is 19.8 Å². The standard InChI is InChI=1S/C9H12O5/c1-14-8(12)5-9(13)3-2-6(10)4-7(9)11/h2-3,7,11,13H,4-5H2,1H3/t7-,9+/m0/s1. The number of aliphatic hydroxyl groups is 2. The van der Waals surface area contributed by atoms with E-state index < -0.39 is 17.7 Å². The summed E-state index contributed by atoms with van der Waals surface area (Å²) >= 11 is 0. The number of hydrogen-bond donors (Lipinski definition) is 2. The minimum Gasteiger partial charge on any atom is -0.469 e. The lowest BCUT2D eigenvalue weighted by Crippen LogP contribution is -2.45. The highest BCUT2D eigenvalue weighted by Crippen LogP contribution is 2.24. The molecule has 2 N–H and O–H groups in total. The number of methoxy groups -OCH3 is 1. The van der Waals surface area contributed by atoms with Crippen molar-refractivity contribution < 1.29 is 24.5 Å². The molecular weight excluding hydrogens is 188 g/mol. The SMILES string of the molecule is COC(=O)C[C@]1(O)C=CC(=O)C[C@@H]1O. The second-order valence-corrected chi connectivity index (χ2v) is 3.26. The molecule has 5 heteroatoms. The average Bonchev–Trinajstić information content (AvgIpc) is 2.12. The van der Waals surface area contributed by atoms with Gasteiger partial charge >= 0.3 is 5.97 Å². The molecule has 0 bridgehead atoms. The maximum atomic E-state index is 10.9. The lowest BCUT2D eigenvalue weighted by molar-refractivity contribution is -0.150. The van der Waals surface area contributed by atoms with Crippen molar-refractivity contribution in [1.29, 1.82) is 0 Å². The van der Waals surface area contributed by atoms with E-state index in [0.29, 0.717) is 0 Å². The Morgan fingerprint density at radius 2 is 2.43 bits per heavy atom. The van der Waals surface area contributed by atoms with Crippen LogP contribution < -0.4 is 0 Å². The van der Waals surface area contributed by atoms with Gasteiger partial charge in [0.1, 0.15) is 5.60 Å². The number of carbonyl (C=O) groups is 2. The van der Waals surface area contributed by atoms with E-state index in [4.69, 9.17) is 0 Å². The van der Waals surface area contributed by atoms with Gasteiger partial charge in [0.2, 0.25) is 0 Å². The molecule has 1 aliphatic carbocycles. The van der Waals surface area contributed by atoms with Crippen LogP contribution in [0.5, 0.6) is 0 Å². The van der Waals surface area contributed by atoms with Gasteiger partial charge in [0.25, 0.3) is 0 Å². The highest BCUT2D eigenvalue weighted by molar-refractivity contribution is 5.91. The van der Waals surface area contributed by atoms with Crippen LogP contribution in [-0.4, -0.2) is 40.8 Å². The summed E-state index contributed by atoms with van der Waals surface area (Å²) in [5.74, 6) is -0.905. The Hall–Kier alpha value is -1.20. The maximum absolute atomic E-state index is 10.9. The summed E-state index contributed by atoms with van der Waals surface area (Å²) < 4.78 is 4.36. The smallest absolute Gasteiger partial charge is 0.308 e. The number of carbonyl (C=O) groups excluding carboxylic acids is 2. The van der Waals surface area contributed by atoms with E-state index in [-0.39, 0.29) is 18.6 Å². The number of rotatable bonds is 2. The summed E-state index contributed by atoms with van der Waals surface area (Å²) in [7, 11) is 1.19. The Bertz CT molecular complexity index is 283. The number of hydrogen-bond acceptors (Lipinski definition) is 5. The fourth-order valence-electron chi connectivity index (χ4n) is 1.26. The molecule has 0 aromatic carbocycles. The van der Waals surface area contributed by atoms with Crippen molar-refractivity contribution >= 4 is 11.8 Å². The van der Waals surface area contributed by atoms with Crippen molar-refractivity contribution in [3.63, 3.8) is 0 Å². The summed E-state index contributed by atoms with van der Waals surface area (Å²) in [4.78, 5) is 21.7. The zero-order valence-electron chi connectivity index (χ0n) is 7.77. The van der Waals surface area contributed by atoms with Crippen molar-refractivity contribution in [3.05, 3.63) is 12.2 Å². The molecule has 78 valence electrons. The van der Waals surface area contributed by atoms with Crippen molar-refractivity contribution in [3.8, 4) is 0 Å². The molecule has 1 rings (SSSR count). The third-order valence-corrected chi connectivity index (χ3v) is 2.18. The van der Waals surface area contributed by atoms with Gasteiger partial charge in [0.15, 0.2) is 5.78 Å². The number of allylic oxidation sites excluding steroid dienone is 1. The van der Waals surface area contributed by atoms with Gasteiger partial charge in [-0.2, -0.15) is 0 Å². The van der Waals surface area contributed by atoms with Gasteiger partial charge in [-0.3, -0.25) is 9.59 Å². The summed E-state index contributed by atoms with van der Waals surface area (Å²) in [5.41, 5.74) is -1.68. The molecule has 0 heterocycles. The Kier molecular flexibility index (Phi) is 3.03. The Labute approximate surface area is 81.0 Å². The number of ketones is 1. The third-order valence-electron chi connectivity index (χ3n) is 2.18. The Morgan fingerprint density at radius 3 is 2.93 bits per heavy atom. The van der Waals surface area contributed by atoms with Crippen LogP contribution in [0.1, 0.15) is 12.8 Å². The molecule has 14 heavy (non-hydrogen) atoms. The van der Waals surface area contributed by atoms with Crippen molar-refractivity contribution in [2.45, 2.75) is 24.5 Å². The molecule has 0 saturated heterocycles. The zero-order chi connectivity index (χ0) is 10.8. The van der Waals surface area contributed by atoms with E-state index in [1.54, 1.807) is 0 Å². The van der Waals surface area contributed by atoms with Gasteiger partial charge in [0.05, 0.1) is 19.6 Å². The molecule has 0 radical (unpaired) electrons. The highest BCUT2D eigenvalue weighted by atomic mass is 16.5. The van der Waals surface area contributed by atoms with E-state index in [2.05, 4.69) is 4.74 Å². The Balaban J connectivity index is 2.77. The summed E-state index contributed by atoms with van der Waals surface area (Å²) in [6.45, 7) is 0. The molecule has 0 fully saturated rings. The van der Waals surface area contributed by atoms with Crippen molar-refractivity contribution in [1.82, 2.24) is 0 Å². The fraction of sp³-hybridized carbons (Fsp3) is 0.556. The van der Waals surface area contributed by atoms with Crippen LogP contribution >= 0.6 is 0 Å². The normalized spacial score (nSPS) is 31.6. The van der Waals surface area contributed by atoms with Crippen LogP contribution in [0.3, 0.4) is 0 Å². The molecule has 0 amide bonds. The second kappa shape index (κ2) is 3.89. The molecule has 0 saturated carbocycles. The van der Waals surface area contributed by atoms with Crippen LogP contribution in [0.4, 0.5) is 0 Å². The molecule has 0 aliphatic heterocycles. The molecule has 0 aromatic rings. The van der Waals surface area contributed by atoms with Gasteiger partial charge < -0.3 is 14.9 Å². The molecule has 5 nitrogen and oxygen atoms in total. The van der Waals surface area contributed by atoms with Crippen molar-refractivity contribution in [2.75, 3.05) is 7.11 Å². The lowest BCUT2D eigenvalue weighted by atomic mass is 9.85. The first-order valence-corrected chi connectivity index (χ1v) is 4.17. The number of esters is 1. The first-order valence-electron chi connectivity index (χ1n) is 4.17. The van der Waals surface area contributed by atoms with Crippen LogP contribution in [0.15, 0.2) is 12.2 Å². The molecule has 1 aliphatic rings. The average molecular weight is 200 g/mol. The lowest BCUT2D eigenvalue weighted by Gasteiger charge is -2.30. The largest absolute Gasteiger partial charge is 0.469 e. The first kappa shape index (κ1) is 10.9. The van der Waals surface area contributed by atoms with E-state index in [1.807, 2.05) is 0 Å². The van der Waals surface area contributed by atoms with Gasteiger partial charge in [-0.15, -0.1) is 0 Å². The maximum Gasteiger partial charge on any atom is 0.308 e. The topological polar surface area (TPSA) is 83.8 Å². The minimum atomic E-state index is -1.68. The predicted octanol–water partition coefficient (Wildman–Crippen LogP) is -0.830. The molecule has 0 unspecified atom stereocenters. The van der Waals surface area contributed by atoms with E-state index in [0.717, 1.165) is 12.2 Å². The van der Waals surface area contributed by atoms with Gasteiger partial charge in [0, 0.05) is 6.42 Å². The predicted molar refractivity (Wildman–Crippen MR) is 46.4 cm³/mol. The van der Waals surface area contributed by atoms with Crippen LogP contribution in [0, 0.1) is 0 Å². The third kappa shape index (κ3) is 2.18.